The van der Waals surface area contributed by atoms with E-state index in [2.05, 4.69) is 14.9 Å². The molecule has 152 valence electrons. The average molecular weight is 417 g/mol. The highest BCUT2D eigenvalue weighted by molar-refractivity contribution is 6.30. The van der Waals surface area contributed by atoms with Crippen molar-refractivity contribution in [3.63, 3.8) is 0 Å². The number of piperidine rings is 1. The molecule has 2 aromatic rings. The normalized spacial score (nSPS) is 23.0. The molecule has 0 bridgehead atoms. The van der Waals surface area contributed by atoms with Crippen LogP contribution in [-0.4, -0.2) is 36.3 Å². The predicted molar refractivity (Wildman–Crippen MR) is 106 cm³/mol. The van der Waals surface area contributed by atoms with E-state index in [1.54, 1.807) is 24.5 Å². The predicted octanol–water partition coefficient (Wildman–Crippen LogP) is 4.11. The molecular weight excluding hydrogens is 395 g/mol. The number of hydrogen-bond donors (Lipinski definition) is 0. The maximum absolute atomic E-state index is 14.2. The molecule has 4 rings (SSSR count). The second-order valence-corrected chi connectivity index (χ2v) is 8.02. The standard InChI is InChI=1S/C21H22ClFN4O2/c22-17-10-25-21(26-11-17)27-5-3-14(4-6-27)7-16-12-28-20(29-13-16)18-2-1-15(9-24)8-19(18)23/h1-2,8,10-11,14,16,20H,3-7,12-13H2. The minimum absolute atomic E-state index is 0.287. The van der Waals surface area contributed by atoms with Crippen molar-refractivity contribution < 1.29 is 13.9 Å². The summed E-state index contributed by atoms with van der Waals surface area (Å²) in [7, 11) is 0. The van der Waals surface area contributed by atoms with E-state index in [0.29, 0.717) is 35.6 Å². The lowest BCUT2D eigenvalue weighted by Crippen LogP contribution is -2.37. The van der Waals surface area contributed by atoms with Crippen molar-refractivity contribution in [2.45, 2.75) is 25.6 Å². The molecule has 6 nitrogen and oxygen atoms in total. The summed E-state index contributed by atoms with van der Waals surface area (Å²) in [6, 6.07) is 6.28. The fourth-order valence-electron chi connectivity index (χ4n) is 3.96. The molecule has 0 saturated carbocycles. The minimum Gasteiger partial charge on any atom is -0.348 e. The van der Waals surface area contributed by atoms with Crippen molar-refractivity contribution in [3.05, 3.63) is 52.6 Å². The van der Waals surface area contributed by atoms with E-state index in [4.69, 9.17) is 26.3 Å². The molecule has 2 aliphatic heterocycles. The second kappa shape index (κ2) is 9.04. The third-order valence-corrected chi connectivity index (χ3v) is 5.72. The molecule has 0 amide bonds. The lowest BCUT2D eigenvalue weighted by atomic mass is 9.87. The van der Waals surface area contributed by atoms with E-state index in [1.165, 1.54) is 6.07 Å². The number of rotatable bonds is 4. The third-order valence-electron chi connectivity index (χ3n) is 5.52. The van der Waals surface area contributed by atoms with E-state index < -0.39 is 12.1 Å². The molecule has 3 heterocycles. The molecule has 0 radical (unpaired) electrons. The number of anilines is 1. The van der Waals surface area contributed by atoms with Crippen LogP contribution >= 0.6 is 11.6 Å². The lowest BCUT2D eigenvalue weighted by Gasteiger charge is -2.35. The number of nitriles is 1. The highest BCUT2D eigenvalue weighted by Crippen LogP contribution is 2.32. The Kier molecular flexibility index (Phi) is 6.24. The van der Waals surface area contributed by atoms with Gasteiger partial charge in [-0.2, -0.15) is 5.26 Å². The number of ether oxygens (including phenoxy) is 2. The molecule has 1 aromatic carbocycles. The SMILES string of the molecule is N#Cc1ccc(C2OCC(CC3CCN(c4ncc(Cl)cn4)CC3)CO2)c(F)c1. The Morgan fingerprint density at radius 2 is 1.83 bits per heavy atom. The van der Waals surface area contributed by atoms with E-state index >= 15 is 0 Å². The van der Waals surface area contributed by atoms with Gasteiger partial charge in [0.05, 0.1) is 42.3 Å². The number of nitrogens with zero attached hydrogens (tertiary/aromatic N) is 4. The molecule has 0 spiro atoms. The number of hydrogen-bond acceptors (Lipinski definition) is 6. The van der Waals surface area contributed by atoms with Crippen LogP contribution in [0.15, 0.2) is 30.6 Å². The maximum atomic E-state index is 14.2. The molecule has 2 aliphatic rings. The molecular formula is C21H22ClFN4O2. The summed E-state index contributed by atoms with van der Waals surface area (Å²) >= 11 is 5.85. The quantitative estimate of drug-likeness (QED) is 0.746. The first-order valence-corrected chi connectivity index (χ1v) is 10.2. The second-order valence-electron chi connectivity index (χ2n) is 7.58. The van der Waals surface area contributed by atoms with Crippen molar-refractivity contribution in [1.82, 2.24) is 9.97 Å². The van der Waals surface area contributed by atoms with Gasteiger partial charge in [-0.3, -0.25) is 0 Å². The van der Waals surface area contributed by atoms with Crippen LogP contribution in [-0.2, 0) is 9.47 Å². The van der Waals surface area contributed by atoms with Crippen LogP contribution in [0.25, 0.3) is 0 Å². The van der Waals surface area contributed by atoms with Crippen molar-refractivity contribution >= 4 is 17.5 Å². The van der Waals surface area contributed by atoms with Gasteiger partial charge in [0, 0.05) is 24.6 Å². The van der Waals surface area contributed by atoms with Gasteiger partial charge in [0.25, 0.3) is 0 Å². The number of benzene rings is 1. The highest BCUT2D eigenvalue weighted by Gasteiger charge is 2.29. The summed E-state index contributed by atoms with van der Waals surface area (Å²) in [5.41, 5.74) is 0.633. The van der Waals surface area contributed by atoms with E-state index in [0.717, 1.165) is 38.3 Å². The molecule has 0 N–H and O–H groups in total. The molecule has 2 saturated heterocycles. The summed E-state index contributed by atoms with van der Waals surface area (Å²) in [5, 5.41) is 9.39. The fraction of sp³-hybridized carbons (Fsp3) is 0.476. The van der Waals surface area contributed by atoms with Crippen LogP contribution in [0.5, 0.6) is 0 Å². The summed E-state index contributed by atoms with van der Waals surface area (Å²) in [6.07, 6.45) is 5.70. The molecule has 2 fully saturated rings. The van der Waals surface area contributed by atoms with Gasteiger partial charge >= 0.3 is 0 Å². The maximum Gasteiger partial charge on any atom is 0.225 e. The zero-order chi connectivity index (χ0) is 20.2. The number of aromatic nitrogens is 2. The minimum atomic E-state index is -0.706. The highest BCUT2D eigenvalue weighted by atomic mass is 35.5. The summed E-state index contributed by atoms with van der Waals surface area (Å²) in [5.74, 6) is 1.16. The Morgan fingerprint density at radius 1 is 1.14 bits per heavy atom. The Hall–Kier alpha value is -2.27. The monoisotopic (exact) mass is 416 g/mol. The van der Waals surface area contributed by atoms with Gasteiger partial charge in [0.1, 0.15) is 5.82 Å². The fourth-order valence-corrected chi connectivity index (χ4v) is 4.05. The van der Waals surface area contributed by atoms with Crippen LogP contribution in [0.4, 0.5) is 10.3 Å². The van der Waals surface area contributed by atoms with E-state index in [1.807, 2.05) is 6.07 Å². The van der Waals surface area contributed by atoms with Crippen LogP contribution in [0.1, 0.15) is 36.7 Å². The Labute approximate surface area is 174 Å². The Bertz CT molecular complexity index is 873. The van der Waals surface area contributed by atoms with Crippen LogP contribution < -0.4 is 4.90 Å². The van der Waals surface area contributed by atoms with Gasteiger partial charge in [-0.05, 0) is 43.4 Å². The van der Waals surface area contributed by atoms with E-state index in [-0.39, 0.29) is 5.56 Å². The van der Waals surface area contributed by atoms with Gasteiger partial charge in [-0.25, -0.2) is 14.4 Å². The number of halogens is 2. The summed E-state index contributed by atoms with van der Waals surface area (Å²) < 4.78 is 25.7. The van der Waals surface area contributed by atoms with Crippen LogP contribution in [0, 0.1) is 29.0 Å². The van der Waals surface area contributed by atoms with Gasteiger partial charge < -0.3 is 14.4 Å². The molecule has 0 aliphatic carbocycles. The van der Waals surface area contributed by atoms with Gasteiger partial charge in [0.2, 0.25) is 5.95 Å². The molecule has 29 heavy (non-hydrogen) atoms. The van der Waals surface area contributed by atoms with Gasteiger partial charge in [-0.1, -0.05) is 11.6 Å². The summed E-state index contributed by atoms with van der Waals surface area (Å²) in [4.78, 5) is 10.8. The Morgan fingerprint density at radius 3 is 2.45 bits per heavy atom. The molecule has 0 atom stereocenters. The van der Waals surface area contributed by atoms with Crippen LogP contribution in [0.3, 0.4) is 0 Å². The average Bonchev–Trinajstić information content (AvgIpc) is 2.75. The van der Waals surface area contributed by atoms with Crippen molar-refractivity contribution in [3.8, 4) is 6.07 Å². The van der Waals surface area contributed by atoms with Gasteiger partial charge in [-0.15, -0.1) is 0 Å². The van der Waals surface area contributed by atoms with Crippen molar-refractivity contribution in [1.29, 1.82) is 5.26 Å². The Balaban J connectivity index is 1.24. The third kappa shape index (κ3) is 4.84. The smallest absolute Gasteiger partial charge is 0.225 e. The first-order chi connectivity index (χ1) is 14.1. The van der Waals surface area contributed by atoms with Crippen LogP contribution in [0.2, 0.25) is 5.02 Å². The first kappa shape index (κ1) is 20.0. The molecule has 1 aromatic heterocycles. The molecule has 0 unspecified atom stereocenters. The zero-order valence-corrected chi connectivity index (χ0v) is 16.7. The topological polar surface area (TPSA) is 71.3 Å². The summed E-state index contributed by atoms with van der Waals surface area (Å²) in [6.45, 7) is 2.93. The van der Waals surface area contributed by atoms with Crippen molar-refractivity contribution in [2.75, 3.05) is 31.2 Å². The lowest BCUT2D eigenvalue weighted by molar-refractivity contribution is -0.208. The van der Waals surface area contributed by atoms with Crippen molar-refractivity contribution in [2.24, 2.45) is 11.8 Å². The zero-order valence-electron chi connectivity index (χ0n) is 15.9. The first-order valence-electron chi connectivity index (χ1n) is 9.77. The van der Waals surface area contributed by atoms with E-state index in [9.17, 15) is 4.39 Å². The van der Waals surface area contributed by atoms with Gasteiger partial charge in [0.15, 0.2) is 6.29 Å². The molecule has 8 heteroatoms. The largest absolute Gasteiger partial charge is 0.348 e.